The molecule has 174 valence electrons. The first-order valence-electron chi connectivity index (χ1n) is 10.5. The third-order valence-electron chi connectivity index (χ3n) is 6.13. The van der Waals surface area contributed by atoms with E-state index >= 15 is 0 Å². The molecule has 1 saturated heterocycles. The molecule has 1 aliphatic heterocycles. The highest BCUT2D eigenvalue weighted by atomic mass is 19.1. The predicted octanol–water partition coefficient (Wildman–Crippen LogP) is 3.84. The lowest BCUT2D eigenvalue weighted by molar-refractivity contribution is 0.0470. The Labute approximate surface area is 187 Å². The van der Waals surface area contributed by atoms with Crippen molar-refractivity contribution in [2.24, 2.45) is 5.41 Å². The minimum atomic E-state index is -0.641. The number of halogens is 1. The van der Waals surface area contributed by atoms with E-state index in [1.165, 1.54) is 19.2 Å². The number of nitrogens with zero attached hydrogens (tertiary/aromatic N) is 1. The summed E-state index contributed by atoms with van der Waals surface area (Å²) in [6.45, 7) is 5.03. The number of carbonyl (C=O) groups excluding carboxylic acids is 1. The molecule has 7 nitrogen and oxygen atoms in total. The van der Waals surface area contributed by atoms with Crippen LogP contribution in [0, 0.1) is 11.2 Å². The highest BCUT2D eigenvalue weighted by molar-refractivity contribution is 5.68. The van der Waals surface area contributed by atoms with Crippen LogP contribution in [0.4, 0.5) is 9.18 Å². The van der Waals surface area contributed by atoms with E-state index in [-0.39, 0.29) is 24.9 Å². The number of hydrogen-bond acceptors (Lipinski definition) is 6. The zero-order chi connectivity index (χ0) is 23.3. The fraction of sp³-hybridized carbons (Fsp3) is 0.458. The summed E-state index contributed by atoms with van der Waals surface area (Å²) in [6.07, 6.45) is -1.06. The van der Waals surface area contributed by atoms with Crippen LogP contribution in [0.25, 0.3) is 0 Å². The normalized spacial score (nSPS) is 21.2. The van der Waals surface area contributed by atoms with Crippen LogP contribution < -0.4 is 14.2 Å². The van der Waals surface area contributed by atoms with Gasteiger partial charge < -0.3 is 29.0 Å². The highest BCUT2D eigenvalue weighted by Gasteiger charge is 2.48. The second kappa shape index (κ2) is 10.1. The first-order valence-corrected chi connectivity index (χ1v) is 10.5. The first-order chi connectivity index (χ1) is 15.3. The van der Waals surface area contributed by atoms with Crippen LogP contribution in [-0.4, -0.2) is 62.7 Å². The van der Waals surface area contributed by atoms with E-state index in [0.717, 1.165) is 5.56 Å². The molecule has 32 heavy (non-hydrogen) atoms. The topological polar surface area (TPSA) is 77.5 Å². The van der Waals surface area contributed by atoms with Crippen molar-refractivity contribution < 1.29 is 33.2 Å². The van der Waals surface area contributed by atoms with Crippen LogP contribution in [0.3, 0.4) is 0 Å². The van der Waals surface area contributed by atoms with Crippen LogP contribution in [0.1, 0.15) is 25.3 Å². The molecule has 1 heterocycles. The number of benzene rings is 2. The number of methoxy groups -OCH3 is 2. The quantitative estimate of drug-likeness (QED) is 0.620. The van der Waals surface area contributed by atoms with Gasteiger partial charge in [-0.3, -0.25) is 0 Å². The summed E-state index contributed by atoms with van der Waals surface area (Å²) in [5.41, 5.74) is 0.376. The molecule has 8 heteroatoms. The fourth-order valence-electron chi connectivity index (χ4n) is 4.06. The molecule has 0 aliphatic carbocycles. The summed E-state index contributed by atoms with van der Waals surface area (Å²) in [7, 11) is 2.91. The summed E-state index contributed by atoms with van der Waals surface area (Å²) >= 11 is 0. The average Bonchev–Trinajstić information content (AvgIpc) is 3.16. The Bertz CT molecular complexity index is 919. The minimum absolute atomic E-state index is 0.120. The van der Waals surface area contributed by atoms with Gasteiger partial charge in [-0.05, 0) is 48.9 Å². The second-order valence-corrected chi connectivity index (χ2v) is 8.15. The zero-order valence-electron chi connectivity index (χ0n) is 18.8. The van der Waals surface area contributed by atoms with Crippen LogP contribution >= 0.6 is 0 Å². The molecule has 1 amide bonds. The molecule has 0 aromatic heterocycles. The van der Waals surface area contributed by atoms with E-state index in [4.69, 9.17) is 18.9 Å². The fourth-order valence-corrected chi connectivity index (χ4v) is 4.06. The van der Waals surface area contributed by atoms with Gasteiger partial charge in [0.25, 0.3) is 0 Å². The summed E-state index contributed by atoms with van der Waals surface area (Å²) < 4.78 is 34.8. The molecule has 1 N–H and O–H groups in total. The number of likely N-dealkylation sites (tertiary alicyclic amines) is 1. The van der Waals surface area contributed by atoms with Gasteiger partial charge in [0.15, 0.2) is 11.5 Å². The van der Waals surface area contributed by atoms with Crippen molar-refractivity contribution in [3.05, 3.63) is 53.8 Å². The SMILES string of the molecule is COC(=O)N1C[C@H](c2ccc(OC)c(OCCOc3ccc(F)cc3)c2)[C@@](C)([C@@H](C)O)C1. The van der Waals surface area contributed by atoms with Gasteiger partial charge in [-0.25, -0.2) is 9.18 Å². The molecule has 0 bridgehead atoms. The van der Waals surface area contributed by atoms with Crippen LogP contribution in [-0.2, 0) is 4.74 Å². The maximum atomic E-state index is 13.0. The molecule has 0 unspecified atom stereocenters. The molecule has 3 rings (SSSR count). The zero-order valence-corrected chi connectivity index (χ0v) is 18.8. The Kier molecular flexibility index (Phi) is 7.45. The van der Waals surface area contributed by atoms with E-state index in [2.05, 4.69) is 0 Å². The lowest BCUT2D eigenvalue weighted by atomic mass is 9.72. The van der Waals surface area contributed by atoms with E-state index < -0.39 is 17.6 Å². The summed E-state index contributed by atoms with van der Waals surface area (Å²) in [6, 6.07) is 11.4. The number of rotatable bonds is 8. The number of hydrogen-bond donors (Lipinski definition) is 1. The van der Waals surface area contributed by atoms with Crippen molar-refractivity contribution in [2.45, 2.75) is 25.9 Å². The monoisotopic (exact) mass is 447 g/mol. The molecular weight excluding hydrogens is 417 g/mol. The van der Waals surface area contributed by atoms with Gasteiger partial charge in [0.1, 0.15) is 24.8 Å². The summed E-state index contributed by atoms with van der Waals surface area (Å²) in [4.78, 5) is 13.7. The maximum Gasteiger partial charge on any atom is 0.409 e. The van der Waals surface area contributed by atoms with E-state index in [0.29, 0.717) is 30.3 Å². The molecule has 0 radical (unpaired) electrons. The summed E-state index contributed by atoms with van der Waals surface area (Å²) in [5.74, 6) is 1.22. The molecular formula is C24H30FNO6. The van der Waals surface area contributed by atoms with E-state index in [9.17, 15) is 14.3 Å². The van der Waals surface area contributed by atoms with Gasteiger partial charge in [-0.15, -0.1) is 0 Å². The third-order valence-corrected chi connectivity index (χ3v) is 6.13. The number of carbonyl (C=O) groups is 1. The Morgan fingerprint density at radius 1 is 1.16 bits per heavy atom. The number of ether oxygens (including phenoxy) is 4. The van der Waals surface area contributed by atoms with Gasteiger partial charge in [0.2, 0.25) is 0 Å². The van der Waals surface area contributed by atoms with Gasteiger partial charge >= 0.3 is 6.09 Å². The highest BCUT2D eigenvalue weighted by Crippen LogP contribution is 2.46. The lowest BCUT2D eigenvalue weighted by Gasteiger charge is -2.33. The first kappa shape index (κ1) is 23.7. The van der Waals surface area contributed by atoms with Crippen molar-refractivity contribution >= 4 is 6.09 Å². The van der Waals surface area contributed by atoms with Gasteiger partial charge in [0.05, 0.1) is 20.3 Å². The van der Waals surface area contributed by atoms with Gasteiger partial charge in [-0.2, -0.15) is 0 Å². The van der Waals surface area contributed by atoms with Crippen LogP contribution in [0.5, 0.6) is 17.2 Å². The molecule has 1 aliphatic rings. The number of amides is 1. The van der Waals surface area contributed by atoms with Crippen molar-refractivity contribution in [2.75, 3.05) is 40.5 Å². The van der Waals surface area contributed by atoms with Crippen molar-refractivity contribution in [3.8, 4) is 17.2 Å². The van der Waals surface area contributed by atoms with Crippen molar-refractivity contribution in [1.29, 1.82) is 0 Å². The number of aliphatic hydroxyl groups is 1. The Morgan fingerprint density at radius 3 is 2.47 bits per heavy atom. The second-order valence-electron chi connectivity index (χ2n) is 8.15. The molecule has 2 aromatic rings. The molecule has 1 fully saturated rings. The molecule has 0 saturated carbocycles. The lowest BCUT2D eigenvalue weighted by Crippen LogP contribution is -2.38. The average molecular weight is 448 g/mol. The third kappa shape index (κ3) is 5.07. The minimum Gasteiger partial charge on any atom is -0.493 e. The van der Waals surface area contributed by atoms with Gasteiger partial charge in [0, 0.05) is 24.4 Å². The Morgan fingerprint density at radius 2 is 1.84 bits per heavy atom. The smallest absolute Gasteiger partial charge is 0.409 e. The molecule has 3 atom stereocenters. The largest absolute Gasteiger partial charge is 0.493 e. The Balaban J connectivity index is 1.74. The van der Waals surface area contributed by atoms with Crippen LogP contribution in [0.15, 0.2) is 42.5 Å². The van der Waals surface area contributed by atoms with Gasteiger partial charge in [-0.1, -0.05) is 13.0 Å². The standard InChI is InChI=1S/C24H30FNO6/c1-16(27)24(2)15-26(23(28)30-4)14-20(24)17-5-10-21(29-3)22(13-17)32-12-11-31-19-8-6-18(25)7-9-19/h5-10,13,16,20,27H,11-12,14-15H2,1-4H3/t16-,20-,24-/m1/s1. The number of aliphatic hydroxyl groups excluding tert-OH is 1. The molecule has 2 aromatic carbocycles. The van der Waals surface area contributed by atoms with Crippen molar-refractivity contribution in [3.63, 3.8) is 0 Å². The predicted molar refractivity (Wildman–Crippen MR) is 117 cm³/mol. The van der Waals surface area contributed by atoms with E-state index in [1.54, 1.807) is 31.1 Å². The van der Waals surface area contributed by atoms with Crippen molar-refractivity contribution in [1.82, 2.24) is 4.90 Å². The molecule has 0 spiro atoms. The Hall–Kier alpha value is -3.00. The van der Waals surface area contributed by atoms with Crippen LogP contribution in [0.2, 0.25) is 0 Å². The maximum absolute atomic E-state index is 13.0. The summed E-state index contributed by atoms with van der Waals surface area (Å²) in [5, 5.41) is 10.5. The van der Waals surface area contributed by atoms with E-state index in [1.807, 2.05) is 25.1 Å².